The molecule has 1 aliphatic rings. The van der Waals surface area contributed by atoms with Crippen LogP contribution in [0.3, 0.4) is 0 Å². The molecule has 0 saturated heterocycles. The minimum absolute atomic E-state index is 0.670. The lowest BCUT2D eigenvalue weighted by Crippen LogP contribution is -2.34. The smallest absolute Gasteiger partial charge is 0.0492 e. The van der Waals surface area contributed by atoms with E-state index in [2.05, 4.69) is 30.5 Å². The Morgan fingerprint density at radius 1 is 1.47 bits per heavy atom. The van der Waals surface area contributed by atoms with Crippen molar-refractivity contribution in [1.82, 2.24) is 15.1 Å². The maximum Gasteiger partial charge on any atom is 0.0492 e. The van der Waals surface area contributed by atoms with Crippen molar-refractivity contribution in [2.75, 3.05) is 7.05 Å². The molecular weight excluding hydrogens is 186 g/mol. The van der Waals surface area contributed by atoms with Crippen molar-refractivity contribution in [2.45, 2.75) is 38.1 Å². The quantitative estimate of drug-likeness (QED) is 0.803. The van der Waals surface area contributed by atoms with Crippen LogP contribution in [0.1, 0.15) is 37.8 Å². The highest BCUT2D eigenvalue weighted by atomic mass is 15.3. The van der Waals surface area contributed by atoms with E-state index in [4.69, 9.17) is 0 Å². The van der Waals surface area contributed by atoms with Gasteiger partial charge < -0.3 is 5.32 Å². The topological polar surface area (TPSA) is 29.9 Å². The van der Waals surface area contributed by atoms with E-state index in [1.54, 1.807) is 0 Å². The van der Waals surface area contributed by atoms with Crippen molar-refractivity contribution >= 4 is 0 Å². The fourth-order valence-corrected chi connectivity index (χ4v) is 2.74. The third-order valence-corrected chi connectivity index (χ3v) is 3.84. The molecule has 1 saturated carbocycles. The Morgan fingerprint density at radius 2 is 2.27 bits per heavy atom. The van der Waals surface area contributed by atoms with Gasteiger partial charge in [0.2, 0.25) is 0 Å². The van der Waals surface area contributed by atoms with E-state index < -0.39 is 0 Å². The van der Waals surface area contributed by atoms with E-state index in [0.29, 0.717) is 12.0 Å². The van der Waals surface area contributed by atoms with Crippen molar-refractivity contribution in [3.8, 4) is 0 Å². The summed E-state index contributed by atoms with van der Waals surface area (Å²) in [4.78, 5) is 0. The summed E-state index contributed by atoms with van der Waals surface area (Å²) in [7, 11) is 4.12. The van der Waals surface area contributed by atoms with Gasteiger partial charge >= 0.3 is 0 Å². The van der Waals surface area contributed by atoms with Crippen LogP contribution in [0.15, 0.2) is 12.3 Å². The Morgan fingerprint density at radius 3 is 2.87 bits per heavy atom. The van der Waals surface area contributed by atoms with Crippen LogP contribution >= 0.6 is 0 Å². The number of nitrogens with zero attached hydrogens (tertiary/aromatic N) is 2. The van der Waals surface area contributed by atoms with Crippen LogP contribution < -0.4 is 5.32 Å². The van der Waals surface area contributed by atoms with Gasteiger partial charge in [0.1, 0.15) is 0 Å². The summed E-state index contributed by atoms with van der Waals surface area (Å²) < 4.78 is 2.03. The molecule has 1 N–H and O–H groups in total. The zero-order chi connectivity index (χ0) is 10.8. The van der Waals surface area contributed by atoms with Gasteiger partial charge in [-0.1, -0.05) is 6.92 Å². The second kappa shape index (κ2) is 4.35. The first-order valence-electron chi connectivity index (χ1n) is 5.87. The first kappa shape index (κ1) is 10.7. The first-order chi connectivity index (χ1) is 7.22. The maximum absolute atomic E-state index is 4.27. The number of nitrogens with one attached hydrogen (secondary N) is 1. The van der Waals surface area contributed by atoms with Gasteiger partial charge in [-0.3, -0.25) is 4.68 Å². The van der Waals surface area contributed by atoms with Gasteiger partial charge in [0.15, 0.2) is 0 Å². The fraction of sp³-hybridized carbons (Fsp3) is 0.750. The highest BCUT2D eigenvalue weighted by Gasteiger charge is 2.29. The van der Waals surface area contributed by atoms with Crippen molar-refractivity contribution in [2.24, 2.45) is 13.0 Å². The van der Waals surface area contributed by atoms with Crippen molar-refractivity contribution in [1.29, 1.82) is 0 Å². The zero-order valence-electron chi connectivity index (χ0n) is 9.90. The number of hydrogen-bond donors (Lipinski definition) is 1. The molecular formula is C12H21N3. The van der Waals surface area contributed by atoms with Gasteiger partial charge in [0.25, 0.3) is 0 Å². The summed E-state index contributed by atoms with van der Waals surface area (Å²) in [5, 5.41) is 7.68. The number of hydrogen-bond acceptors (Lipinski definition) is 2. The first-order valence-corrected chi connectivity index (χ1v) is 5.87. The lowest BCUT2D eigenvalue weighted by Gasteiger charge is -2.34. The molecule has 15 heavy (non-hydrogen) atoms. The second-order valence-electron chi connectivity index (χ2n) is 4.76. The van der Waals surface area contributed by atoms with Crippen LogP contribution in [0.5, 0.6) is 0 Å². The molecule has 1 heterocycles. The Labute approximate surface area is 91.9 Å². The van der Waals surface area contributed by atoms with Crippen molar-refractivity contribution in [3.05, 3.63) is 18.0 Å². The Bertz CT molecular complexity index is 318. The van der Waals surface area contributed by atoms with E-state index >= 15 is 0 Å². The Kier molecular flexibility index (Phi) is 3.10. The lowest BCUT2D eigenvalue weighted by atomic mass is 9.76. The maximum atomic E-state index is 4.27. The van der Waals surface area contributed by atoms with Crippen molar-refractivity contribution < 1.29 is 0 Å². The largest absolute Gasteiger partial charge is 0.317 e. The van der Waals surface area contributed by atoms with Gasteiger partial charge in [-0.15, -0.1) is 0 Å². The van der Waals surface area contributed by atoms with E-state index in [0.717, 1.165) is 5.92 Å². The molecule has 1 aliphatic carbocycles. The summed E-state index contributed by atoms with van der Waals surface area (Å²) in [6.07, 6.45) is 5.79. The predicted molar refractivity (Wildman–Crippen MR) is 61.8 cm³/mol. The minimum atomic E-state index is 0.670. The summed E-state index contributed by atoms with van der Waals surface area (Å²) in [6.45, 7) is 2.36. The highest BCUT2D eigenvalue weighted by Crippen LogP contribution is 2.37. The molecule has 2 rings (SSSR count). The van der Waals surface area contributed by atoms with Crippen LogP contribution in [0.2, 0.25) is 0 Å². The van der Waals surface area contributed by atoms with Gasteiger partial charge in [-0.05, 0) is 38.3 Å². The monoisotopic (exact) mass is 207 g/mol. The standard InChI is InChI=1S/C12H21N3/c1-9-4-5-10(13-2)8-11(9)12-6-7-14-15(12)3/h6-7,9-11,13H,4-5,8H2,1-3H3. The van der Waals surface area contributed by atoms with Crippen LogP contribution in [0.25, 0.3) is 0 Å². The second-order valence-corrected chi connectivity index (χ2v) is 4.76. The van der Waals surface area contributed by atoms with Crippen LogP contribution in [-0.2, 0) is 7.05 Å². The molecule has 3 unspecified atom stereocenters. The number of aromatic nitrogens is 2. The summed E-state index contributed by atoms with van der Waals surface area (Å²) in [5.41, 5.74) is 1.39. The Hall–Kier alpha value is -0.830. The van der Waals surface area contributed by atoms with Gasteiger partial charge in [0.05, 0.1) is 0 Å². The molecule has 1 fully saturated rings. The van der Waals surface area contributed by atoms with E-state index in [1.165, 1.54) is 25.0 Å². The van der Waals surface area contributed by atoms with Crippen LogP contribution in [0, 0.1) is 5.92 Å². The molecule has 3 nitrogen and oxygen atoms in total. The van der Waals surface area contributed by atoms with Gasteiger partial charge in [0, 0.05) is 30.9 Å². The Balaban J connectivity index is 2.16. The number of aryl methyl sites for hydroxylation is 1. The third-order valence-electron chi connectivity index (χ3n) is 3.84. The van der Waals surface area contributed by atoms with Gasteiger partial charge in [-0.25, -0.2) is 0 Å². The normalized spacial score (nSPS) is 31.8. The lowest BCUT2D eigenvalue weighted by molar-refractivity contribution is 0.268. The molecule has 3 atom stereocenters. The van der Waals surface area contributed by atoms with E-state index in [1.807, 2.05) is 17.9 Å². The zero-order valence-corrected chi connectivity index (χ0v) is 9.90. The van der Waals surface area contributed by atoms with Crippen LogP contribution in [-0.4, -0.2) is 22.9 Å². The molecule has 1 aromatic rings. The predicted octanol–water partition coefficient (Wildman–Crippen LogP) is 1.91. The number of rotatable bonds is 2. The summed E-state index contributed by atoms with van der Waals surface area (Å²) in [5.74, 6) is 1.45. The highest BCUT2D eigenvalue weighted by molar-refractivity contribution is 5.11. The molecule has 3 heteroatoms. The SMILES string of the molecule is CNC1CCC(C)C(c2ccnn2C)C1. The molecule has 0 radical (unpaired) electrons. The fourth-order valence-electron chi connectivity index (χ4n) is 2.74. The molecule has 1 aromatic heterocycles. The summed E-state index contributed by atoms with van der Waals surface area (Å²) in [6, 6.07) is 2.85. The molecule has 84 valence electrons. The van der Waals surface area contributed by atoms with Crippen LogP contribution in [0.4, 0.5) is 0 Å². The molecule has 0 aromatic carbocycles. The average Bonchev–Trinajstić information content (AvgIpc) is 2.65. The van der Waals surface area contributed by atoms with E-state index in [9.17, 15) is 0 Å². The minimum Gasteiger partial charge on any atom is -0.317 e. The molecule has 0 bridgehead atoms. The van der Waals surface area contributed by atoms with Gasteiger partial charge in [-0.2, -0.15) is 5.10 Å². The average molecular weight is 207 g/mol. The third kappa shape index (κ3) is 2.07. The summed E-state index contributed by atoms with van der Waals surface area (Å²) >= 11 is 0. The molecule has 0 aliphatic heterocycles. The molecule has 0 spiro atoms. The molecule has 0 amide bonds. The van der Waals surface area contributed by atoms with E-state index in [-0.39, 0.29) is 0 Å². The van der Waals surface area contributed by atoms with Crippen molar-refractivity contribution in [3.63, 3.8) is 0 Å².